The standard InChI is InChI=1S/C17H26BN3O3/c1-11-7-8-20-14(15(11)19)9-13(10-21-12(2)22)18-23-16(3,4)17(5,6)24-18/h7-9H,10,19H2,1-6H3,(H,21,22). The third-order valence-corrected chi connectivity index (χ3v) is 4.66. The molecule has 0 bridgehead atoms. The third-order valence-electron chi connectivity index (χ3n) is 4.66. The summed E-state index contributed by atoms with van der Waals surface area (Å²) in [7, 11) is -0.566. The molecule has 0 aromatic carbocycles. The maximum atomic E-state index is 11.3. The summed E-state index contributed by atoms with van der Waals surface area (Å²) in [6, 6.07) is 1.86. The summed E-state index contributed by atoms with van der Waals surface area (Å²) in [5, 5.41) is 2.80. The number of nitrogens with two attached hydrogens (primary N) is 1. The number of pyridine rings is 1. The summed E-state index contributed by atoms with van der Waals surface area (Å²) < 4.78 is 12.2. The van der Waals surface area contributed by atoms with Gasteiger partial charge in [0.25, 0.3) is 0 Å². The Morgan fingerprint density at radius 2 is 1.92 bits per heavy atom. The van der Waals surface area contributed by atoms with Crippen LogP contribution in [-0.2, 0) is 14.1 Å². The van der Waals surface area contributed by atoms with E-state index in [0.29, 0.717) is 17.9 Å². The molecule has 1 aliphatic rings. The zero-order valence-corrected chi connectivity index (χ0v) is 15.3. The van der Waals surface area contributed by atoms with E-state index < -0.39 is 18.3 Å². The van der Waals surface area contributed by atoms with Gasteiger partial charge in [0.05, 0.1) is 22.6 Å². The number of nitrogens with zero attached hydrogens (tertiary/aromatic N) is 1. The van der Waals surface area contributed by atoms with E-state index in [9.17, 15) is 4.79 Å². The number of hydrogen-bond acceptors (Lipinski definition) is 5. The Kier molecular flexibility index (Phi) is 5.06. The number of anilines is 1. The fourth-order valence-electron chi connectivity index (χ4n) is 2.30. The molecular formula is C17H26BN3O3. The van der Waals surface area contributed by atoms with Gasteiger partial charge in [-0.1, -0.05) is 0 Å². The number of aryl methyl sites for hydroxylation is 1. The van der Waals surface area contributed by atoms with Gasteiger partial charge in [0, 0.05) is 19.7 Å². The summed E-state index contributed by atoms with van der Waals surface area (Å²) in [6.07, 6.45) is 3.54. The Morgan fingerprint density at radius 3 is 2.46 bits per heavy atom. The first kappa shape index (κ1) is 18.5. The first-order chi connectivity index (χ1) is 11.0. The van der Waals surface area contributed by atoms with Crippen LogP contribution in [-0.4, -0.2) is 35.8 Å². The zero-order chi connectivity index (χ0) is 18.1. The van der Waals surface area contributed by atoms with E-state index >= 15 is 0 Å². The van der Waals surface area contributed by atoms with Crippen LogP contribution in [0.5, 0.6) is 0 Å². The van der Waals surface area contributed by atoms with Crippen molar-refractivity contribution in [2.45, 2.75) is 52.7 Å². The topological polar surface area (TPSA) is 86.5 Å². The highest BCUT2D eigenvalue weighted by Gasteiger charge is 2.52. The summed E-state index contributed by atoms with van der Waals surface area (Å²) in [5.74, 6) is -0.123. The van der Waals surface area contributed by atoms with E-state index in [1.807, 2.05) is 46.8 Å². The first-order valence-electron chi connectivity index (χ1n) is 8.05. The minimum Gasteiger partial charge on any atom is -0.400 e. The second-order valence-electron chi connectivity index (χ2n) is 7.14. The molecule has 1 fully saturated rings. The molecule has 7 heteroatoms. The molecule has 3 N–H and O–H groups in total. The Labute approximate surface area is 144 Å². The second-order valence-corrected chi connectivity index (χ2v) is 7.14. The highest BCUT2D eigenvalue weighted by Crippen LogP contribution is 2.38. The van der Waals surface area contributed by atoms with Gasteiger partial charge in [-0.2, -0.15) is 0 Å². The van der Waals surface area contributed by atoms with Gasteiger partial charge in [-0.3, -0.25) is 9.78 Å². The molecule has 0 saturated carbocycles. The Balaban J connectivity index is 2.37. The van der Waals surface area contributed by atoms with Crippen LogP contribution >= 0.6 is 0 Å². The highest BCUT2D eigenvalue weighted by atomic mass is 16.7. The molecule has 2 heterocycles. The zero-order valence-electron chi connectivity index (χ0n) is 15.3. The van der Waals surface area contributed by atoms with Gasteiger partial charge in [-0.15, -0.1) is 0 Å². The van der Waals surface area contributed by atoms with Crippen LogP contribution in [0.4, 0.5) is 5.69 Å². The molecular weight excluding hydrogens is 305 g/mol. The minimum atomic E-state index is -0.566. The molecule has 1 aromatic rings. The third kappa shape index (κ3) is 3.79. The number of nitrogens with one attached hydrogen (secondary N) is 1. The lowest BCUT2D eigenvalue weighted by Gasteiger charge is -2.32. The van der Waals surface area contributed by atoms with Crippen molar-refractivity contribution in [1.29, 1.82) is 0 Å². The molecule has 130 valence electrons. The lowest BCUT2D eigenvalue weighted by molar-refractivity contribution is -0.118. The van der Waals surface area contributed by atoms with Crippen molar-refractivity contribution in [2.24, 2.45) is 0 Å². The molecule has 1 saturated heterocycles. The van der Waals surface area contributed by atoms with Gasteiger partial charge in [0.15, 0.2) is 0 Å². The van der Waals surface area contributed by atoms with Gasteiger partial charge in [0.1, 0.15) is 0 Å². The number of aromatic nitrogens is 1. The number of carbonyl (C=O) groups excluding carboxylic acids is 1. The van der Waals surface area contributed by atoms with E-state index in [1.54, 1.807) is 6.20 Å². The van der Waals surface area contributed by atoms with Crippen LogP contribution in [0.15, 0.2) is 17.7 Å². The minimum absolute atomic E-state index is 0.123. The molecule has 1 aliphatic heterocycles. The van der Waals surface area contributed by atoms with E-state index in [1.165, 1.54) is 6.92 Å². The van der Waals surface area contributed by atoms with Crippen LogP contribution in [0.2, 0.25) is 0 Å². The lowest BCUT2D eigenvalue weighted by atomic mass is 9.77. The summed E-state index contributed by atoms with van der Waals surface area (Å²) >= 11 is 0. The van der Waals surface area contributed by atoms with Crippen molar-refractivity contribution in [3.05, 3.63) is 29.0 Å². The maximum absolute atomic E-state index is 11.3. The van der Waals surface area contributed by atoms with Gasteiger partial charge < -0.3 is 20.4 Å². The summed E-state index contributed by atoms with van der Waals surface area (Å²) in [6.45, 7) is 11.7. The maximum Gasteiger partial charge on any atom is 0.492 e. The average Bonchev–Trinajstić information content (AvgIpc) is 2.67. The molecule has 0 aliphatic carbocycles. The smallest absolute Gasteiger partial charge is 0.400 e. The average molecular weight is 331 g/mol. The number of nitrogen functional groups attached to an aromatic ring is 1. The number of hydrogen-bond donors (Lipinski definition) is 2. The van der Waals surface area contributed by atoms with Crippen molar-refractivity contribution in [3.63, 3.8) is 0 Å². The summed E-state index contributed by atoms with van der Waals surface area (Å²) in [4.78, 5) is 15.7. The van der Waals surface area contributed by atoms with Crippen molar-refractivity contribution in [2.75, 3.05) is 12.3 Å². The molecule has 0 spiro atoms. The molecule has 1 amide bonds. The van der Waals surface area contributed by atoms with Crippen molar-refractivity contribution < 1.29 is 14.1 Å². The van der Waals surface area contributed by atoms with Crippen molar-refractivity contribution in [1.82, 2.24) is 10.3 Å². The quantitative estimate of drug-likeness (QED) is 0.826. The number of carbonyl (C=O) groups is 1. The molecule has 0 atom stereocenters. The number of amides is 1. The van der Waals surface area contributed by atoms with E-state index in [-0.39, 0.29) is 5.91 Å². The van der Waals surface area contributed by atoms with E-state index in [0.717, 1.165) is 11.0 Å². The van der Waals surface area contributed by atoms with Crippen molar-refractivity contribution in [3.8, 4) is 0 Å². The molecule has 0 radical (unpaired) electrons. The normalized spacial score (nSPS) is 19.4. The van der Waals surface area contributed by atoms with Crippen LogP contribution in [0, 0.1) is 6.92 Å². The second kappa shape index (κ2) is 6.57. The summed E-state index contributed by atoms with van der Waals surface area (Å²) in [5.41, 5.74) is 8.17. The molecule has 6 nitrogen and oxygen atoms in total. The van der Waals surface area contributed by atoms with E-state index in [2.05, 4.69) is 10.3 Å². The fraction of sp³-hybridized carbons (Fsp3) is 0.529. The monoisotopic (exact) mass is 331 g/mol. The van der Waals surface area contributed by atoms with Gasteiger partial charge >= 0.3 is 7.12 Å². The van der Waals surface area contributed by atoms with Gasteiger partial charge in [-0.25, -0.2) is 0 Å². The predicted octanol–water partition coefficient (Wildman–Crippen LogP) is 2.12. The predicted molar refractivity (Wildman–Crippen MR) is 96.1 cm³/mol. The van der Waals surface area contributed by atoms with Crippen LogP contribution < -0.4 is 11.1 Å². The Bertz CT molecular complexity index is 655. The van der Waals surface area contributed by atoms with Crippen LogP contribution in [0.3, 0.4) is 0 Å². The highest BCUT2D eigenvalue weighted by molar-refractivity contribution is 6.56. The van der Waals surface area contributed by atoms with Crippen LogP contribution in [0.1, 0.15) is 45.9 Å². The SMILES string of the molecule is CC(=O)NCC(=Cc1nccc(C)c1N)B1OC(C)(C)C(C)(C)O1. The van der Waals surface area contributed by atoms with Crippen molar-refractivity contribution >= 4 is 24.8 Å². The van der Waals surface area contributed by atoms with E-state index in [4.69, 9.17) is 15.0 Å². The Morgan fingerprint density at radius 1 is 1.33 bits per heavy atom. The molecule has 2 rings (SSSR count). The largest absolute Gasteiger partial charge is 0.492 e. The number of rotatable bonds is 4. The molecule has 24 heavy (non-hydrogen) atoms. The van der Waals surface area contributed by atoms with Gasteiger partial charge in [0.2, 0.25) is 5.91 Å². The lowest BCUT2D eigenvalue weighted by Crippen LogP contribution is -2.41. The molecule has 1 aromatic heterocycles. The fourth-order valence-corrected chi connectivity index (χ4v) is 2.30. The van der Waals surface area contributed by atoms with Gasteiger partial charge in [-0.05, 0) is 57.8 Å². The first-order valence-corrected chi connectivity index (χ1v) is 8.05. The Hall–Kier alpha value is -1.86. The molecule has 0 unspecified atom stereocenters. The van der Waals surface area contributed by atoms with Crippen LogP contribution in [0.25, 0.3) is 6.08 Å².